The zero-order valence-electron chi connectivity index (χ0n) is 25.0. The van der Waals surface area contributed by atoms with E-state index in [9.17, 15) is 0 Å². The number of benzene rings is 1. The smallest absolute Gasteiger partial charge is 0.0600 e. The minimum absolute atomic E-state index is 0.633. The van der Waals surface area contributed by atoms with Gasteiger partial charge in [-0.15, -0.1) is 11.3 Å². The van der Waals surface area contributed by atoms with Gasteiger partial charge in [-0.05, 0) is 102 Å². The molecule has 0 bridgehead atoms. The maximum absolute atomic E-state index is 4.29. The first-order valence-corrected chi connectivity index (χ1v) is 17.3. The topological polar surface area (TPSA) is 9.86 Å². The number of hydrogen-bond donors (Lipinski definition) is 0. The molecule has 11 rings (SSSR count). The molecule has 3 saturated carbocycles. The van der Waals surface area contributed by atoms with Crippen LogP contribution in [0.3, 0.4) is 0 Å². The number of para-hydroxylation sites is 1. The van der Waals surface area contributed by atoms with Gasteiger partial charge in [0.25, 0.3) is 0 Å². The number of rotatable bonds is 4. The van der Waals surface area contributed by atoms with Crippen molar-refractivity contribution in [3.05, 3.63) is 122 Å². The van der Waals surface area contributed by atoms with Crippen LogP contribution in [0.1, 0.15) is 98.6 Å². The molecule has 7 atom stereocenters. The van der Waals surface area contributed by atoms with Crippen molar-refractivity contribution < 1.29 is 0 Å². The lowest BCUT2D eigenvalue weighted by atomic mass is 9.90. The van der Waals surface area contributed by atoms with Crippen molar-refractivity contribution in [1.29, 1.82) is 0 Å². The monoisotopic (exact) mass is 586 g/mol. The summed E-state index contributed by atoms with van der Waals surface area (Å²) in [6.07, 6.45) is 27.4. The van der Waals surface area contributed by atoms with Crippen LogP contribution in [0.5, 0.6) is 0 Å². The Bertz CT molecular complexity index is 2200. The summed E-state index contributed by atoms with van der Waals surface area (Å²) in [6, 6.07) is 8.81. The summed E-state index contributed by atoms with van der Waals surface area (Å²) < 4.78 is 5.17. The van der Waals surface area contributed by atoms with Crippen LogP contribution in [0.2, 0.25) is 0 Å². The highest BCUT2D eigenvalue weighted by Gasteiger charge is 2.54. The molecule has 1 aromatic carbocycles. The van der Waals surface area contributed by atoms with Gasteiger partial charge in [0.2, 0.25) is 0 Å². The third kappa shape index (κ3) is 2.88. The molecule has 7 aliphatic carbocycles. The number of hydrogen-bond acceptors (Lipinski definition) is 1. The minimum atomic E-state index is 0.633. The lowest BCUT2D eigenvalue weighted by Crippen LogP contribution is -2.09. The van der Waals surface area contributed by atoms with Gasteiger partial charge in [-0.2, -0.15) is 0 Å². The molecule has 0 N–H and O–H groups in total. The van der Waals surface area contributed by atoms with Crippen LogP contribution in [0.25, 0.3) is 52.7 Å². The van der Waals surface area contributed by atoms with Crippen molar-refractivity contribution in [1.82, 2.24) is 9.13 Å². The van der Waals surface area contributed by atoms with E-state index in [-0.39, 0.29) is 0 Å². The van der Waals surface area contributed by atoms with E-state index in [1.807, 2.05) is 12.2 Å². The average Bonchev–Trinajstić information content (AvgIpc) is 4.00. The Labute approximate surface area is 262 Å². The van der Waals surface area contributed by atoms with Crippen LogP contribution >= 0.6 is 11.3 Å². The van der Waals surface area contributed by atoms with Crippen molar-refractivity contribution in [2.45, 2.75) is 43.9 Å². The molecule has 3 aromatic heterocycles. The van der Waals surface area contributed by atoms with Gasteiger partial charge in [0.05, 0.1) is 43.7 Å². The maximum Gasteiger partial charge on any atom is 0.0600 e. The first kappa shape index (κ1) is 24.3. The van der Waals surface area contributed by atoms with E-state index >= 15 is 0 Å². The van der Waals surface area contributed by atoms with Crippen LogP contribution < -0.4 is 0 Å². The minimum Gasteiger partial charge on any atom is -0.308 e. The predicted molar refractivity (Wildman–Crippen MR) is 186 cm³/mol. The molecule has 0 radical (unpaired) electrons. The SMILES string of the molecule is C=Cc1c(C=C)n(C2=CC3CC3c3c2sc2c3C3CC3C=C2n2c3c(c4c2C=CC2C(C)C42)C=CCC=C3)c2ccccc12. The molecule has 0 spiro atoms. The molecule has 3 heterocycles. The van der Waals surface area contributed by atoms with Gasteiger partial charge in [-0.1, -0.05) is 80.8 Å². The summed E-state index contributed by atoms with van der Waals surface area (Å²) in [5.74, 6) is 4.75. The Balaban J connectivity index is 1.16. The Hall–Kier alpha value is -4.08. The molecule has 3 fully saturated rings. The molecule has 2 nitrogen and oxygen atoms in total. The van der Waals surface area contributed by atoms with Gasteiger partial charge >= 0.3 is 0 Å². The summed E-state index contributed by atoms with van der Waals surface area (Å²) >= 11 is 2.07. The summed E-state index contributed by atoms with van der Waals surface area (Å²) in [6.45, 7) is 10.9. The van der Waals surface area contributed by atoms with Gasteiger partial charge in [0.15, 0.2) is 0 Å². The number of aromatic nitrogens is 2. The summed E-state index contributed by atoms with van der Waals surface area (Å²) in [7, 11) is 0. The summed E-state index contributed by atoms with van der Waals surface area (Å²) in [5.41, 5.74) is 15.6. The molecule has 4 aromatic rings. The average molecular weight is 587 g/mol. The Kier molecular flexibility index (Phi) is 4.49. The number of allylic oxidation sites excluding steroid dienone is 5. The summed E-state index contributed by atoms with van der Waals surface area (Å²) in [5, 5.41) is 1.25. The molecule has 0 saturated heterocycles. The summed E-state index contributed by atoms with van der Waals surface area (Å²) in [4.78, 5) is 3.01. The Morgan fingerprint density at radius 2 is 1.55 bits per heavy atom. The number of nitrogens with zero attached hydrogens (tertiary/aromatic N) is 2. The maximum atomic E-state index is 4.29. The molecule has 214 valence electrons. The zero-order valence-corrected chi connectivity index (χ0v) is 25.8. The van der Waals surface area contributed by atoms with E-state index in [4.69, 9.17) is 0 Å². The number of thiophene rings is 1. The first-order valence-electron chi connectivity index (χ1n) is 16.5. The molecule has 3 heteroatoms. The molecular weight excluding hydrogens is 553 g/mol. The second kappa shape index (κ2) is 8.14. The van der Waals surface area contributed by atoms with Gasteiger partial charge in [-0.3, -0.25) is 0 Å². The fourth-order valence-electron chi connectivity index (χ4n) is 9.55. The second-order valence-electron chi connectivity index (χ2n) is 14.1. The highest BCUT2D eigenvalue weighted by molar-refractivity contribution is 7.14. The van der Waals surface area contributed by atoms with Gasteiger partial charge in [0, 0.05) is 16.5 Å². The highest BCUT2D eigenvalue weighted by atomic mass is 32.1. The van der Waals surface area contributed by atoms with Crippen molar-refractivity contribution in [3.63, 3.8) is 0 Å². The molecule has 0 amide bonds. The van der Waals surface area contributed by atoms with Crippen molar-refractivity contribution in [2.24, 2.45) is 23.7 Å². The van der Waals surface area contributed by atoms with Gasteiger partial charge in [0.1, 0.15) is 0 Å². The van der Waals surface area contributed by atoms with Crippen LogP contribution in [0.4, 0.5) is 0 Å². The largest absolute Gasteiger partial charge is 0.308 e. The lowest BCUT2D eigenvalue weighted by molar-refractivity contribution is 0.891. The number of fused-ring (bicyclic) bond motifs is 13. The Morgan fingerprint density at radius 3 is 2.30 bits per heavy atom. The standard InChI is InChI=1S/C41H34N2S/c1-4-24-26-11-9-10-14-31(26)42(30(24)5-2)34-19-22-17-28(22)38-39-29-18-23(29)20-35(41(39)44-40(34)38)43-32-13-8-6-7-12-27(32)37-33(43)16-15-25-21(3)36(25)37/h4-5,7-16,19-23,25,28-29,36H,1-2,6,17-18H2,3H3. The van der Waals surface area contributed by atoms with Crippen LogP contribution in [0.15, 0.2) is 67.8 Å². The van der Waals surface area contributed by atoms with E-state index in [2.05, 4.69) is 113 Å². The van der Waals surface area contributed by atoms with Crippen molar-refractivity contribution in [3.8, 4) is 0 Å². The van der Waals surface area contributed by atoms with E-state index in [1.165, 1.54) is 67.4 Å². The highest BCUT2D eigenvalue weighted by Crippen LogP contribution is 2.67. The van der Waals surface area contributed by atoms with E-state index in [0.717, 1.165) is 18.0 Å². The van der Waals surface area contributed by atoms with E-state index in [1.54, 1.807) is 16.7 Å². The van der Waals surface area contributed by atoms with Crippen molar-refractivity contribution in [2.75, 3.05) is 0 Å². The third-order valence-corrected chi connectivity index (χ3v) is 13.1. The first-order chi connectivity index (χ1) is 21.7. The molecule has 7 aliphatic rings. The quantitative estimate of drug-likeness (QED) is 0.225. The van der Waals surface area contributed by atoms with Crippen LogP contribution in [-0.4, -0.2) is 9.13 Å². The molecule has 44 heavy (non-hydrogen) atoms. The third-order valence-electron chi connectivity index (χ3n) is 11.9. The molecule has 0 aliphatic heterocycles. The zero-order chi connectivity index (χ0) is 29.0. The van der Waals surface area contributed by atoms with Crippen molar-refractivity contribution >= 4 is 64.0 Å². The lowest BCUT2D eigenvalue weighted by Gasteiger charge is -2.21. The van der Waals surface area contributed by atoms with Crippen LogP contribution in [-0.2, 0) is 0 Å². The molecule has 7 unspecified atom stereocenters. The fourth-order valence-corrected chi connectivity index (χ4v) is 11.0. The van der Waals surface area contributed by atoms with E-state index in [0.29, 0.717) is 35.5 Å². The second-order valence-corrected chi connectivity index (χ2v) is 15.1. The van der Waals surface area contributed by atoms with Gasteiger partial charge < -0.3 is 9.13 Å². The Morgan fingerprint density at radius 1 is 0.818 bits per heavy atom. The fraction of sp³-hybridized carbons (Fsp3) is 0.268. The van der Waals surface area contributed by atoms with Gasteiger partial charge in [-0.25, -0.2) is 0 Å². The normalized spacial score (nSPS) is 30.5. The molecular formula is C41H34N2S. The van der Waals surface area contributed by atoms with Crippen LogP contribution in [0, 0.1) is 23.7 Å². The van der Waals surface area contributed by atoms with E-state index < -0.39 is 0 Å². The predicted octanol–water partition coefficient (Wildman–Crippen LogP) is 10.6.